The van der Waals surface area contributed by atoms with Crippen LogP contribution in [-0.2, 0) is 9.53 Å². The quantitative estimate of drug-likeness (QED) is 0.821. The Morgan fingerprint density at radius 1 is 1.18 bits per heavy atom. The second-order valence-electron chi connectivity index (χ2n) is 8.75. The van der Waals surface area contributed by atoms with Crippen LogP contribution < -0.4 is 11.1 Å². The number of ether oxygens (including phenoxy) is 1. The van der Waals surface area contributed by atoms with E-state index in [1.165, 1.54) is 19.3 Å². The minimum atomic E-state index is 0.0811. The molecule has 4 rings (SSSR count). The van der Waals surface area contributed by atoms with Gasteiger partial charge in [-0.1, -0.05) is 20.3 Å². The molecule has 3 saturated carbocycles. The van der Waals surface area contributed by atoms with E-state index in [1.54, 1.807) is 0 Å². The second kappa shape index (κ2) is 5.20. The number of amides is 1. The molecular weight excluding hydrogens is 276 g/mol. The lowest BCUT2D eigenvalue weighted by Crippen LogP contribution is -2.67. The van der Waals surface area contributed by atoms with Crippen molar-refractivity contribution in [3.8, 4) is 0 Å². The maximum Gasteiger partial charge on any atom is 0.223 e. The summed E-state index contributed by atoms with van der Waals surface area (Å²) >= 11 is 0. The van der Waals surface area contributed by atoms with Crippen LogP contribution in [0.3, 0.4) is 0 Å². The van der Waals surface area contributed by atoms with E-state index in [4.69, 9.17) is 10.5 Å². The van der Waals surface area contributed by atoms with Crippen LogP contribution in [0.4, 0.5) is 0 Å². The topological polar surface area (TPSA) is 64.4 Å². The molecule has 3 aliphatic carbocycles. The molecule has 1 aliphatic heterocycles. The third-order valence-electron chi connectivity index (χ3n) is 7.18. The number of hydrogen-bond acceptors (Lipinski definition) is 3. The summed E-state index contributed by atoms with van der Waals surface area (Å²) in [5.41, 5.74) is 6.43. The van der Waals surface area contributed by atoms with Gasteiger partial charge < -0.3 is 15.8 Å². The fraction of sp³-hybridized carbons (Fsp3) is 0.944. The maximum atomic E-state index is 12.8. The molecule has 0 radical (unpaired) electrons. The third-order valence-corrected chi connectivity index (χ3v) is 7.18. The Bertz CT molecular complexity index is 450. The first-order valence-electron chi connectivity index (χ1n) is 9.16. The fourth-order valence-electron chi connectivity index (χ4n) is 5.89. The van der Waals surface area contributed by atoms with Crippen LogP contribution in [0.15, 0.2) is 0 Å². The average molecular weight is 306 g/mol. The maximum absolute atomic E-state index is 12.8. The summed E-state index contributed by atoms with van der Waals surface area (Å²) in [7, 11) is 0. The summed E-state index contributed by atoms with van der Waals surface area (Å²) < 4.78 is 5.83. The Balaban J connectivity index is 1.41. The van der Waals surface area contributed by atoms with Gasteiger partial charge in [-0.05, 0) is 43.9 Å². The molecular formula is C18H30N2O2. The van der Waals surface area contributed by atoms with E-state index in [2.05, 4.69) is 19.2 Å². The molecule has 3 N–H and O–H groups in total. The molecule has 5 unspecified atom stereocenters. The molecule has 22 heavy (non-hydrogen) atoms. The van der Waals surface area contributed by atoms with Gasteiger partial charge in [-0.15, -0.1) is 0 Å². The second-order valence-corrected chi connectivity index (χ2v) is 8.75. The summed E-state index contributed by atoms with van der Waals surface area (Å²) in [4.78, 5) is 12.8. The number of fused-ring (bicyclic) bond motifs is 3. The van der Waals surface area contributed by atoms with Crippen molar-refractivity contribution >= 4 is 5.91 Å². The van der Waals surface area contributed by atoms with Gasteiger partial charge >= 0.3 is 0 Å². The minimum Gasteiger partial charge on any atom is -0.377 e. The molecule has 2 bridgehead atoms. The highest BCUT2D eigenvalue weighted by Crippen LogP contribution is 2.52. The van der Waals surface area contributed by atoms with Crippen molar-refractivity contribution < 1.29 is 9.53 Å². The Kier molecular flexibility index (Phi) is 3.53. The SMILES string of the molecule is CC1(C)C(NC(=O)C2CC3CCCC(C2)C3N)C2CCOC21. The zero-order valence-corrected chi connectivity index (χ0v) is 13.9. The van der Waals surface area contributed by atoms with E-state index in [1.807, 2.05) is 0 Å². The number of rotatable bonds is 2. The van der Waals surface area contributed by atoms with Gasteiger partial charge in [0.2, 0.25) is 5.91 Å². The minimum absolute atomic E-state index is 0.0811. The molecule has 0 aromatic carbocycles. The van der Waals surface area contributed by atoms with E-state index in [0.717, 1.165) is 25.9 Å². The van der Waals surface area contributed by atoms with E-state index in [9.17, 15) is 4.79 Å². The van der Waals surface area contributed by atoms with Gasteiger partial charge in [0.15, 0.2) is 0 Å². The third kappa shape index (κ3) is 2.14. The summed E-state index contributed by atoms with van der Waals surface area (Å²) in [6.07, 6.45) is 7.18. The largest absolute Gasteiger partial charge is 0.377 e. The van der Waals surface area contributed by atoms with Crippen LogP contribution in [0.5, 0.6) is 0 Å². The highest BCUT2D eigenvalue weighted by molar-refractivity contribution is 5.79. The van der Waals surface area contributed by atoms with E-state index < -0.39 is 0 Å². The van der Waals surface area contributed by atoms with Gasteiger partial charge in [0.1, 0.15) is 0 Å². The Morgan fingerprint density at radius 2 is 1.86 bits per heavy atom. The average Bonchev–Trinajstić information content (AvgIpc) is 2.91. The molecule has 124 valence electrons. The van der Waals surface area contributed by atoms with Crippen LogP contribution in [0.2, 0.25) is 0 Å². The van der Waals surface area contributed by atoms with Crippen LogP contribution in [0.1, 0.15) is 52.4 Å². The van der Waals surface area contributed by atoms with Gasteiger partial charge in [0.05, 0.1) is 6.10 Å². The summed E-state index contributed by atoms with van der Waals surface area (Å²) in [5.74, 6) is 2.14. The molecule has 0 aromatic heterocycles. The first-order valence-corrected chi connectivity index (χ1v) is 9.16. The van der Waals surface area contributed by atoms with Crippen molar-refractivity contribution in [2.45, 2.75) is 70.6 Å². The Morgan fingerprint density at radius 3 is 2.55 bits per heavy atom. The Hall–Kier alpha value is -0.610. The van der Waals surface area contributed by atoms with Crippen LogP contribution >= 0.6 is 0 Å². The zero-order chi connectivity index (χ0) is 15.5. The van der Waals surface area contributed by atoms with Gasteiger partial charge in [-0.2, -0.15) is 0 Å². The van der Waals surface area contributed by atoms with Crippen molar-refractivity contribution in [2.75, 3.05) is 6.61 Å². The predicted molar refractivity (Wildman–Crippen MR) is 85.1 cm³/mol. The van der Waals surface area contributed by atoms with Crippen molar-refractivity contribution in [3.05, 3.63) is 0 Å². The van der Waals surface area contributed by atoms with Crippen LogP contribution in [-0.4, -0.2) is 30.7 Å². The van der Waals surface area contributed by atoms with E-state index in [-0.39, 0.29) is 17.2 Å². The van der Waals surface area contributed by atoms with Gasteiger partial charge in [-0.3, -0.25) is 4.79 Å². The summed E-state index contributed by atoms with van der Waals surface area (Å²) in [6, 6.07) is 0.633. The van der Waals surface area contributed by atoms with Crippen molar-refractivity contribution in [2.24, 2.45) is 34.8 Å². The first-order chi connectivity index (χ1) is 10.5. The van der Waals surface area contributed by atoms with Crippen molar-refractivity contribution in [3.63, 3.8) is 0 Å². The van der Waals surface area contributed by atoms with Gasteiger partial charge in [0, 0.05) is 35.9 Å². The number of carbonyl (C=O) groups excluding carboxylic acids is 1. The normalized spacial score (nSPS) is 49.1. The molecule has 4 aliphatic rings. The smallest absolute Gasteiger partial charge is 0.223 e. The number of nitrogens with two attached hydrogens (primary N) is 1. The molecule has 0 spiro atoms. The van der Waals surface area contributed by atoms with Gasteiger partial charge in [-0.25, -0.2) is 0 Å². The molecule has 1 amide bonds. The number of nitrogens with one attached hydrogen (secondary N) is 1. The first kappa shape index (κ1) is 14.9. The number of carbonyl (C=O) groups is 1. The highest BCUT2D eigenvalue weighted by Gasteiger charge is 2.60. The van der Waals surface area contributed by atoms with Gasteiger partial charge in [0.25, 0.3) is 0 Å². The summed E-state index contributed by atoms with van der Waals surface area (Å²) in [5, 5.41) is 3.39. The molecule has 4 heteroatoms. The zero-order valence-electron chi connectivity index (χ0n) is 13.9. The standard InChI is InChI=1S/C18H30N2O2/c1-18(2)15(13-6-7-22-16(13)18)20-17(21)12-8-10-4-3-5-11(9-12)14(10)19/h10-16H,3-9,19H2,1-2H3,(H,20,21). The van der Waals surface area contributed by atoms with Crippen LogP contribution in [0.25, 0.3) is 0 Å². The molecule has 1 saturated heterocycles. The monoisotopic (exact) mass is 306 g/mol. The lowest BCUT2D eigenvalue weighted by Gasteiger charge is -2.55. The predicted octanol–water partition coefficient (Wildman–Crippen LogP) is 2.07. The molecule has 1 heterocycles. The van der Waals surface area contributed by atoms with Crippen molar-refractivity contribution in [1.29, 1.82) is 0 Å². The molecule has 0 aromatic rings. The van der Waals surface area contributed by atoms with Crippen LogP contribution in [0, 0.1) is 29.1 Å². The fourth-order valence-corrected chi connectivity index (χ4v) is 5.89. The molecule has 4 fully saturated rings. The van der Waals surface area contributed by atoms with E-state index in [0.29, 0.717) is 35.9 Å². The Labute approximate surface area is 133 Å². The lowest BCUT2D eigenvalue weighted by molar-refractivity contribution is -0.143. The summed E-state index contributed by atoms with van der Waals surface area (Å²) in [6.45, 7) is 5.32. The molecule has 4 nitrogen and oxygen atoms in total. The number of hydrogen-bond donors (Lipinski definition) is 2. The molecule has 5 atom stereocenters. The van der Waals surface area contributed by atoms with Crippen molar-refractivity contribution in [1.82, 2.24) is 5.32 Å². The lowest BCUT2D eigenvalue weighted by atomic mass is 9.57. The van der Waals surface area contributed by atoms with E-state index >= 15 is 0 Å². The highest BCUT2D eigenvalue weighted by atomic mass is 16.5.